The highest BCUT2D eigenvalue weighted by Crippen LogP contribution is 2.18. The van der Waals surface area contributed by atoms with E-state index < -0.39 is 5.60 Å². The van der Waals surface area contributed by atoms with Gasteiger partial charge in [0.1, 0.15) is 0 Å². The molecule has 1 N–H and O–H groups in total. The lowest BCUT2D eigenvalue weighted by Gasteiger charge is -2.16. The van der Waals surface area contributed by atoms with E-state index in [1.165, 1.54) is 83.1 Å². The van der Waals surface area contributed by atoms with Gasteiger partial charge in [0.2, 0.25) is 0 Å². The minimum atomic E-state index is -0.759. The molecule has 0 aliphatic heterocycles. The van der Waals surface area contributed by atoms with Crippen molar-refractivity contribution in [2.75, 3.05) is 0 Å². The molecule has 0 fully saturated rings. The van der Waals surface area contributed by atoms with Crippen LogP contribution in [-0.4, -0.2) is 10.7 Å². The second-order valence-corrected chi connectivity index (χ2v) is 14.5. The second kappa shape index (κ2) is 26.7. The SMILES string of the molecule is C=CC(C)(O)CC/C=C(\C)CC/C=C(\C)CC/C=C(\C)CC/C=C(\C)CC/C=C(\C)CC/C=C(\C)CC/C=C(\C)CCC=C(C)C. The van der Waals surface area contributed by atoms with Crippen molar-refractivity contribution in [3.63, 3.8) is 0 Å². The maximum Gasteiger partial charge on any atom is 0.0800 e. The van der Waals surface area contributed by atoms with Gasteiger partial charge in [0.25, 0.3) is 0 Å². The van der Waals surface area contributed by atoms with Crippen molar-refractivity contribution in [3.8, 4) is 0 Å². The smallest absolute Gasteiger partial charge is 0.0800 e. The van der Waals surface area contributed by atoms with Gasteiger partial charge in [-0.1, -0.05) is 99.3 Å². The van der Waals surface area contributed by atoms with Gasteiger partial charge in [-0.25, -0.2) is 0 Å². The number of allylic oxidation sites excluding steroid dienone is 16. The lowest BCUT2D eigenvalue weighted by Crippen LogP contribution is -2.19. The Balaban J connectivity index is 4.23. The molecule has 0 spiro atoms. The standard InChI is InChI=1S/C45H74O/c1-12-45(11,46)36-20-35-44(10)34-19-33-43(9)32-18-31-42(8)30-17-29-41(7)28-16-27-40(6)26-15-25-39(5)24-14-23-38(4)22-13-21-37(2)3/h12,21,23,25,27,29,31,33,35,46H,1,13-20,22,24,26,28,30,32,34,36H2,2-11H3/b38-23+,39-25+,40-27+,41-29+,42-31+,43-33+,44-35+. The summed E-state index contributed by atoms with van der Waals surface area (Å²) in [5.41, 5.74) is 11.2. The van der Waals surface area contributed by atoms with Gasteiger partial charge in [-0.15, -0.1) is 6.58 Å². The first-order chi connectivity index (χ1) is 21.7. The van der Waals surface area contributed by atoms with E-state index in [1.807, 2.05) is 6.92 Å². The van der Waals surface area contributed by atoms with Crippen molar-refractivity contribution in [1.29, 1.82) is 0 Å². The largest absolute Gasteiger partial charge is 0.386 e. The average Bonchev–Trinajstić information content (AvgIpc) is 2.97. The first-order valence-corrected chi connectivity index (χ1v) is 18.3. The van der Waals surface area contributed by atoms with E-state index >= 15 is 0 Å². The summed E-state index contributed by atoms with van der Waals surface area (Å²) in [6, 6.07) is 0. The maximum absolute atomic E-state index is 10.0. The molecule has 260 valence electrons. The Bertz CT molecular complexity index is 1100. The van der Waals surface area contributed by atoms with Crippen LogP contribution >= 0.6 is 0 Å². The molecule has 0 aromatic heterocycles. The van der Waals surface area contributed by atoms with Gasteiger partial charge in [-0.3, -0.25) is 0 Å². The van der Waals surface area contributed by atoms with Crippen LogP contribution in [0.4, 0.5) is 0 Å². The molecule has 1 heteroatoms. The van der Waals surface area contributed by atoms with Crippen LogP contribution in [0.25, 0.3) is 0 Å². The third-order valence-electron chi connectivity index (χ3n) is 8.86. The monoisotopic (exact) mass is 631 g/mol. The summed E-state index contributed by atoms with van der Waals surface area (Å²) in [7, 11) is 0. The predicted molar refractivity (Wildman–Crippen MR) is 210 cm³/mol. The Morgan fingerprint density at radius 1 is 0.413 bits per heavy atom. The maximum atomic E-state index is 10.0. The van der Waals surface area contributed by atoms with Crippen molar-refractivity contribution >= 4 is 0 Å². The number of hydrogen-bond acceptors (Lipinski definition) is 1. The highest BCUT2D eigenvalue weighted by molar-refractivity contribution is 5.10. The summed E-state index contributed by atoms with van der Waals surface area (Å²) in [6.07, 6.45) is 38.6. The highest BCUT2D eigenvalue weighted by Gasteiger charge is 2.13. The molecule has 0 aliphatic carbocycles. The van der Waals surface area contributed by atoms with Gasteiger partial charge in [0, 0.05) is 0 Å². The summed E-state index contributed by atoms with van der Waals surface area (Å²) >= 11 is 0. The number of rotatable bonds is 25. The number of aliphatic hydroxyl groups is 1. The topological polar surface area (TPSA) is 20.2 Å². The van der Waals surface area contributed by atoms with E-state index in [2.05, 4.69) is 118 Å². The summed E-state index contributed by atoms with van der Waals surface area (Å²) in [4.78, 5) is 0. The zero-order valence-electron chi connectivity index (χ0n) is 32.2. The molecule has 0 saturated carbocycles. The quantitative estimate of drug-likeness (QED) is 0.0995. The molecule has 46 heavy (non-hydrogen) atoms. The number of hydrogen-bond donors (Lipinski definition) is 1. The summed E-state index contributed by atoms with van der Waals surface area (Å²) in [5, 5.41) is 10.0. The van der Waals surface area contributed by atoms with Gasteiger partial charge in [-0.2, -0.15) is 0 Å². The van der Waals surface area contributed by atoms with Crippen molar-refractivity contribution < 1.29 is 5.11 Å². The molecule has 0 aromatic carbocycles. The third-order valence-corrected chi connectivity index (χ3v) is 8.86. The molecule has 0 aromatic rings. The highest BCUT2D eigenvalue weighted by atomic mass is 16.3. The van der Waals surface area contributed by atoms with Gasteiger partial charge in [0.15, 0.2) is 0 Å². The van der Waals surface area contributed by atoms with Crippen LogP contribution in [0.3, 0.4) is 0 Å². The normalized spacial score (nSPS) is 15.7. The predicted octanol–water partition coefficient (Wildman–Crippen LogP) is 14.8. The van der Waals surface area contributed by atoms with Crippen LogP contribution in [0.2, 0.25) is 0 Å². The van der Waals surface area contributed by atoms with E-state index in [0.29, 0.717) is 0 Å². The summed E-state index contributed by atoms with van der Waals surface area (Å²) < 4.78 is 0. The summed E-state index contributed by atoms with van der Waals surface area (Å²) in [5.74, 6) is 0. The lowest BCUT2D eigenvalue weighted by molar-refractivity contribution is 0.103. The van der Waals surface area contributed by atoms with Gasteiger partial charge in [0.05, 0.1) is 5.60 Å². The van der Waals surface area contributed by atoms with Crippen LogP contribution in [0.5, 0.6) is 0 Å². The van der Waals surface area contributed by atoms with Gasteiger partial charge in [-0.05, 0) is 172 Å². The van der Waals surface area contributed by atoms with E-state index in [-0.39, 0.29) is 0 Å². The fourth-order valence-electron chi connectivity index (χ4n) is 5.29. The van der Waals surface area contributed by atoms with Crippen LogP contribution in [0.15, 0.2) is 106 Å². The summed E-state index contributed by atoms with van der Waals surface area (Å²) in [6.45, 7) is 25.8. The Morgan fingerprint density at radius 3 is 0.848 bits per heavy atom. The van der Waals surface area contributed by atoms with Crippen LogP contribution in [-0.2, 0) is 0 Å². The van der Waals surface area contributed by atoms with Crippen LogP contribution in [0, 0.1) is 0 Å². The van der Waals surface area contributed by atoms with Gasteiger partial charge < -0.3 is 5.11 Å². The van der Waals surface area contributed by atoms with E-state index in [0.717, 1.165) is 64.2 Å². The lowest BCUT2D eigenvalue weighted by atomic mass is 9.99. The molecule has 0 amide bonds. The first kappa shape index (κ1) is 43.6. The first-order valence-electron chi connectivity index (χ1n) is 18.3. The molecular formula is C45H74O. The van der Waals surface area contributed by atoms with Crippen molar-refractivity contribution in [2.24, 2.45) is 0 Å². The van der Waals surface area contributed by atoms with Gasteiger partial charge >= 0.3 is 0 Å². The molecule has 1 nitrogen and oxygen atoms in total. The minimum Gasteiger partial charge on any atom is -0.386 e. The van der Waals surface area contributed by atoms with Crippen LogP contribution in [0.1, 0.15) is 172 Å². The fourth-order valence-corrected chi connectivity index (χ4v) is 5.29. The zero-order chi connectivity index (χ0) is 34.8. The molecule has 1 unspecified atom stereocenters. The Kier molecular flexibility index (Phi) is 25.3. The fraction of sp³-hybridized carbons (Fsp3) is 0.600. The molecule has 0 rings (SSSR count). The van der Waals surface area contributed by atoms with E-state index in [4.69, 9.17) is 0 Å². The minimum absolute atomic E-state index is 0.732. The zero-order valence-corrected chi connectivity index (χ0v) is 32.2. The van der Waals surface area contributed by atoms with E-state index in [9.17, 15) is 5.11 Å². The van der Waals surface area contributed by atoms with Crippen LogP contribution < -0.4 is 0 Å². The second-order valence-electron chi connectivity index (χ2n) is 14.5. The van der Waals surface area contributed by atoms with Crippen molar-refractivity contribution in [1.82, 2.24) is 0 Å². The molecule has 0 saturated heterocycles. The third kappa shape index (κ3) is 27.9. The molecule has 0 heterocycles. The van der Waals surface area contributed by atoms with Crippen molar-refractivity contribution in [2.45, 2.75) is 178 Å². The molecule has 0 bridgehead atoms. The average molecular weight is 631 g/mol. The Labute approximate surface area is 287 Å². The Morgan fingerprint density at radius 2 is 0.630 bits per heavy atom. The van der Waals surface area contributed by atoms with Crippen molar-refractivity contribution in [3.05, 3.63) is 106 Å². The van der Waals surface area contributed by atoms with E-state index in [1.54, 1.807) is 6.08 Å². The molecular weight excluding hydrogens is 556 g/mol. The molecule has 0 radical (unpaired) electrons. The Hall–Kier alpha value is -2.38. The molecule has 0 aliphatic rings. The molecule has 1 atom stereocenters.